The maximum absolute atomic E-state index is 6.54. The Hall–Kier alpha value is -7.89. The molecule has 0 aliphatic heterocycles. The van der Waals surface area contributed by atoms with Gasteiger partial charge in [-0.25, -0.2) is 15.0 Å². The lowest BCUT2D eigenvalue weighted by atomic mass is 9.90. The van der Waals surface area contributed by atoms with E-state index in [2.05, 4.69) is 121 Å². The monoisotopic (exact) mass is 741 g/mol. The lowest BCUT2D eigenvalue weighted by Gasteiger charge is -2.16. The molecule has 0 atom stereocenters. The summed E-state index contributed by atoms with van der Waals surface area (Å²) in [7, 11) is 0. The molecule has 0 aliphatic carbocycles. The number of para-hydroxylation sites is 4. The van der Waals surface area contributed by atoms with Crippen molar-refractivity contribution in [3.8, 4) is 56.4 Å². The van der Waals surface area contributed by atoms with Gasteiger partial charge in [0, 0.05) is 27.1 Å². The van der Waals surface area contributed by atoms with Crippen LogP contribution in [-0.4, -0.2) is 15.0 Å². The number of furan rings is 2. The predicted molar refractivity (Wildman–Crippen MR) is 237 cm³/mol. The molecule has 0 N–H and O–H groups in total. The zero-order chi connectivity index (χ0) is 38.2. The minimum atomic E-state index is 0.515. The molecule has 12 aromatic rings. The number of fused-ring (bicyclic) bond motifs is 9. The van der Waals surface area contributed by atoms with Gasteiger partial charge in [-0.1, -0.05) is 146 Å². The van der Waals surface area contributed by atoms with Crippen molar-refractivity contribution in [2.75, 3.05) is 0 Å². The molecule has 58 heavy (non-hydrogen) atoms. The fourth-order valence-electron chi connectivity index (χ4n) is 8.64. The predicted octanol–water partition coefficient (Wildman–Crippen LogP) is 14.3. The lowest BCUT2D eigenvalue weighted by molar-refractivity contribution is 0.669. The second kappa shape index (κ2) is 12.8. The van der Waals surface area contributed by atoms with Crippen molar-refractivity contribution >= 4 is 65.4 Å². The molecule has 0 amide bonds. The number of rotatable bonds is 5. The van der Waals surface area contributed by atoms with E-state index in [-0.39, 0.29) is 0 Å². The molecule has 0 unspecified atom stereocenters. The van der Waals surface area contributed by atoms with Gasteiger partial charge < -0.3 is 8.83 Å². The summed E-state index contributed by atoms with van der Waals surface area (Å²) in [5, 5.41) is 8.98. The maximum Gasteiger partial charge on any atom is 0.167 e. The van der Waals surface area contributed by atoms with Crippen LogP contribution in [-0.2, 0) is 0 Å². The van der Waals surface area contributed by atoms with Crippen LogP contribution in [0.5, 0.6) is 0 Å². The highest BCUT2D eigenvalue weighted by molar-refractivity contribution is 6.14. The van der Waals surface area contributed by atoms with Crippen molar-refractivity contribution in [2.45, 2.75) is 0 Å². The van der Waals surface area contributed by atoms with Gasteiger partial charge in [0.05, 0.1) is 11.1 Å². The van der Waals surface area contributed by atoms with Gasteiger partial charge in [-0.05, 0) is 86.3 Å². The number of nitrogens with zero attached hydrogens (tertiary/aromatic N) is 3. The third-order valence-electron chi connectivity index (χ3n) is 11.4. The molecule has 5 nitrogen and oxygen atoms in total. The summed E-state index contributed by atoms with van der Waals surface area (Å²) >= 11 is 0. The van der Waals surface area contributed by atoms with E-state index in [4.69, 9.17) is 23.8 Å². The molecular weight excluding hydrogens is 711 g/mol. The van der Waals surface area contributed by atoms with E-state index < -0.39 is 0 Å². The molecular formula is C53H31N3O2. The molecule has 0 bridgehead atoms. The molecule has 0 saturated heterocycles. The number of aromatic nitrogens is 3. The van der Waals surface area contributed by atoms with Gasteiger partial charge in [0.1, 0.15) is 22.3 Å². The van der Waals surface area contributed by atoms with Gasteiger partial charge in [0.15, 0.2) is 17.5 Å². The van der Waals surface area contributed by atoms with Crippen LogP contribution in [0.4, 0.5) is 0 Å². The van der Waals surface area contributed by atoms with Gasteiger partial charge in [0.25, 0.3) is 0 Å². The minimum absolute atomic E-state index is 0.515. The highest BCUT2D eigenvalue weighted by atomic mass is 16.3. The number of hydrogen-bond donors (Lipinski definition) is 0. The van der Waals surface area contributed by atoms with Crippen LogP contribution >= 0.6 is 0 Å². The van der Waals surface area contributed by atoms with E-state index in [1.807, 2.05) is 66.7 Å². The Bertz CT molecular complexity index is 3450. The Morgan fingerprint density at radius 2 is 0.776 bits per heavy atom. The summed E-state index contributed by atoms with van der Waals surface area (Å²) in [5.41, 5.74) is 9.91. The van der Waals surface area contributed by atoms with E-state index in [0.29, 0.717) is 17.5 Å². The van der Waals surface area contributed by atoms with E-state index in [1.54, 1.807) is 0 Å². The smallest absolute Gasteiger partial charge is 0.167 e. The standard InChI is InChI=1S/C53H31N3O2/c1-2-14-32(15-3-1)45-31-34(46-30-33-16-4-5-17-35(33)36-18-6-7-19-37(36)46)28-29-42(45)51-54-52(43-24-12-22-40-38-20-8-10-26-47(38)57-49(40)43)56-53(55-51)44-25-13-23-41-39-21-9-11-27-48(39)58-50(41)44/h1-31H. The normalized spacial score (nSPS) is 11.8. The van der Waals surface area contributed by atoms with Crippen molar-refractivity contribution in [3.05, 3.63) is 188 Å². The van der Waals surface area contributed by atoms with Gasteiger partial charge in [-0.15, -0.1) is 0 Å². The van der Waals surface area contributed by atoms with Crippen molar-refractivity contribution in [1.29, 1.82) is 0 Å². The summed E-state index contributed by atoms with van der Waals surface area (Å²) in [6.07, 6.45) is 0. The first-order chi connectivity index (χ1) is 28.7. The molecule has 5 heteroatoms. The summed E-state index contributed by atoms with van der Waals surface area (Å²) in [6, 6.07) is 65.3. The van der Waals surface area contributed by atoms with Gasteiger partial charge in [-0.2, -0.15) is 0 Å². The van der Waals surface area contributed by atoms with Gasteiger partial charge >= 0.3 is 0 Å². The Kier molecular flexibility index (Phi) is 7.16. The van der Waals surface area contributed by atoms with Crippen LogP contribution in [0, 0.1) is 0 Å². The zero-order valence-electron chi connectivity index (χ0n) is 31.1. The van der Waals surface area contributed by atoms with Crippen LogP contribution in [0.3, 0.4) is 0 Å². The summed E-state index contributed by atoms with van der Waals surface area (Å²) in [4.78, 5) is 15.8. The molecule has 12 rings (SSSR count). The highest BCUT2D eigenvalue weighted by Gasteiger charge is 2.22. The second-order valence-electron chi connectivity index (χ2n) is 14.7. The Labute approximate surface area is 332 Å². The van der Waals surface area contributed by atoms with Crippen molar-refractivity contribution in [2.24, 2.45) is 0 Å². The Balaban J connectivity index is 1.13. The van der Waals surface area contributed by atoms with E-state index >= 15 is 0 Å². The average Bonchev–Trinajstić information content (AvgIpc) is 3.88. The molecule has 9 aromatic carbocycles. The van der Waals surface area contributed by atoms with Gasteiger partial charge in [0.2, 0.25) is 0 Å². The molecule has 270 valence electrons. The first-order valence-corrected chi connectivity index (χ1v) is 19.4. The minimum Gasteiger partial charge on any atom is -0.455 e. The number of hydrogen-bond acceptors (Lipinski definition) is 5. The maximum atomic E-state index is 6.54. The SMILES string of the molecule is c1ccc(-c2cc(-c3cc4ccccc4c4ccccc34)ccc2-c2nc(-c3cccc4c3oc3ccccc34)nc(-c3cccc4c3oc3ccccc34)n2)cc1. The van der Waals surface area contributed by atoms with Crippen molar-refractivity contribution in [1.82, 2.24) is 15.0 Å². The largest absolute Gasteiger partial charge is 0.455 e. The van der Waals surface area contributed by atoms with Crippen LogP contribution < -0.4 is 0 Å². The van der Waals surface area contributed by atoms with Crippen LogP contribution in [0.25, 0.3) is 122 Å². The van der Waals surface area contributed by atoms with Crippen LogP contribution in [0.1, 0.15) is 0 Å². The molecule has 3 heterocycles. The number of benzene rings is 9. The third-order valence-corrected chi connectivity index (χ3v) is 11.4. The quantitative estimate of drug-likeness (QED) is 0.164. The topological polar surface area (TPSA) is 65.0 Å². The fraction of sp³-hybridized carbons (Fsp3) is 0. The summed E-state index contributed by atoms with van der Waals surface area (Å²) in [6.45, 7) is 0. The molecule has 0 spiro atoms. The van der Waals surface area contributed by atoms with E-state index in [1.165, 1.54) is 27.1 Å². The zero-order valence-corrected chi connectivity index (χ0v) is 31.1. The van der Waals surface area contributed by atoms with Crippen molar-refractivity contribution in [3.63, 3.8) is 0 Å². The molecule has 0 aliphatic rings. The first kappa shape index (κ1) is 32.4. The highest BCUT2D eigenvalue weighted by Crippen LogP contribution is 2.42. The molecule has 0 saturated carbocycles. The molecule has 0 radical (unpaired) electrons. The lowest BCUT2D eigenvalue weighted by Crippen LogP contribution is -2.01. The molecule has 3 aromatic heterocycles. The van der Waals surface area contributed by atoms with E-state index in [9.17, 15) is 0 Å². The average molecular weight is 742 g/mol. The summed E-state index contributed by atoms with van der Waals surface area (Å²) < 4.78 is 13.1. The van der Waals surface area contributed by atoms with Crippen molar-refractivity contribution < 1.29 is 8.83 Å². The van der Waals surface area contributed by atoms with Gasteiger partial charge in [-0.3, -0.25) is 0 Å². The summed E-state index contributed by atoms with van der Waals surface area (Å²) in [5.74, 6) is 1.58. The van der Waals surface area contributed by atoms with Crippen LogP contribution in [0.2, 0.25) is 0 Å². The second-order valence-corrected chi connectivity index (χ2v) is 14.7. The third kappa shape index (κ3) is 5.07. The van der Waals surface area contributed by atoms with E-state index in [0.717, 1.165) is 77.3 Å². The Morgan fingerprint density at radius 3 is 1.41 bits per heavy atom. The Morgan fingerprint density at radius 1 is 0.276 bits per heavy atom. The molecule has 0 fully saturated rings. The first-order valence-electron chi connectivity index (χ1n) is 19.4. The van der Waals surface area contributed by atoms with Crippen LogP contribution in [0.15, 0.2) is 197 Å². The fourth-order valence-corrected chi connectivity index (χ4v) is 8.64.